The molecule has 1 N–H and O–H groups in total. The zero-order chi connectivity index (χ0) is 18.2. The molecule has 0 spiro atoms. The van der Waals surface area contributed by atoms with Crippen molar-refractivity contribution in [3.63, 3.8) is 0 Å². The lowest BCUT2D eigenvalue weighted by Crippen LogP contribution is -2.35. The lowest BCUT2D eigenvalue weighted by atomic mass is 10.1. The van der Waals surface area contributed by atoms with Crippen LogP contribution in [0, 0.1) is 5.92 Å². The van der Waals surface area contributed by atoms with Crippen LogP contribution in [-0.2, 0) is 16.5 Å². The number of amides is 1. The highest BCUT2D eigenvalue weighted by atomic mass is 19.4. The molecule has 1 rings (SSSR count). The fraction of sp³-hybridized carbons (Fsp3) is 0.643. The fourth-order valence-electron chi connectivity index (χ4n) is 2.06. The molecule has 0 aromatic carbocycles. The van der Waals surface area contributed by atoms with Crippen LogP contribution in [0.15, 0.2) is 6.20 Å². The zero-order valence-electron chi connectivity index (χ0n) is 13.6. The van der Waals surface area contributed by atoms with E-state index in [1.165, 1.54) is 14.0 Å². The van der Waals surface area contributed by atoms with Gasteiger partial charge < -0.3 is 10.0 Å². The Labute approximate surface area is 131 Å². The maximum atomic E-state index is 13.4. The van der Waals surface area contributed by atoms with E-state index in [0.717, 1.165) is 15.8 Å². The summed E-state index contributed by atoms with van der Waals surface area (Å²) in [6.07, 6.45) is -3.88. The van der Waals surface area contributed by atoms with E-state index in [1.54, 1.807) is 20.8 Å². The molecular formula is C14H20F3N3O3. The second-order valence-electron chi connectivity index (χ2n) is 6.41. The predicted octanol–water partition coefficient (Wildman–Crippen LogP) is 2.45. The Morgan fingerprint density at radius 2 is 1.87 bits per heavy atom. The van der Waals surface area contributed by atoms with E-state index in [4.69, 9.17) is 5.11 Å². The molecule has 1 atom stereocenters. The van der Waals surface area contributed by atoms with Crippen molar-refractivity contribution in [1.82, 2.24) is 14.7 Å². The number of aliphatic carboxylic acids is 1. The van der Waals surface area contributed by atoms with Crippen molar-refractivity contribution in [3.8, 4) is 0 Å². The standard InChI is InChI=1S/C14H20F3N3O3/c1-8(12(22)23)7-19(5)11(21)9-6-18-20(13(2,3)4)10(9)14(15,16)17/h6,8H,7H2,1-5H3,(H,22,23). The average molecular weight is 335 g/mol. The number of hydrogen-bond donors (Lipinski definition) is 1. The number of aromatic nitrogens is 2. The van der Waals surface area contributed by atoms with Gasteiger partial charge in [-0.15, -0.1) is 0 Å². The number of carboxylic acid groups (broad SMARTS) is 1. The van der Waals surface area contributed by atoms with E-state index in [0.29, 0.717) is 0 Å². The van der Waals surface area contributed by atoms with E-state index < -0.39 is 40.8 Å². The van der Waals surface area contributed by atoms with Gasteiger partial charge in [-0.05, 0) is 20.8 Å². The Hall–Kier alpha value is -2.06. The van der Waals surface area contributed by atoms with Crippen LogP contribution in [0.4, 0.5) is 13.2 Å². The van der Waals surface area contributed by atoms with E-state index in [-0.39, 0.29) is 6.54 Å². The van der Waals surface area contributed by atoms with Crippen LogP contribution >= 0.6 is 0 Å². The molecule has 1 aromatic heterocycles. The third-order valence-corrected chi connectivity index (χ3v) is 3.22. The first-order valence-electron chi connectivity index (χ1n) is 6.90. The van der Waals surface area contributed by atoms with Crippen LogP contribution in [0.25, 0.3) is 0 Å². The molecule has 1 aromatic rings. The van der Waals surface area contributed by atoms with Crippen molar-refractivity contribution in [3.05, 3.63) is 17.5 Å². The smallest absolute Gasteiger partial charge is 0.433 e. The first-order valence-corrected chi connectivity index (χ1v) is 6.90. The number of carboxylic acids is 1. The maximum Gasteiger partial charge on any atom is 0.433 e. The molecule has 9 heteroatoms. The normalized spacial score (nSPS) is 13.7. The van der Waals surface area contributed by atoms with Gasteiger partial charge in [-0.3, -0.25) is 14.3 Å². The lowest BCUT2D eigenvalue weighted by Gasteiger charge is -2.25. The largest absolute Gasteiger partial charge is 0.481 e. The number of hydrogen-bond acceptors (Lipinski definition) is 3. The molecule has 0 saturated heterocycles. The van der Waals surface area contributed by atoms with Gasteiger partial charge in [0.05, 0.1) is 23.2 Å². The second-order valence-corrected chi connectivity index (χ2v) is 6.41. The van der Waals surface area contributed by atoms with Crippen LogP contribution in [0.1, 0.15) is 43.7 Å². The first kappa shape index (κ1) is 19.0. The van der Waals surface area contributed by atoms with Crippen molar-refractivity contribution in [1.29, 1.82) is 0 Å². The highest BCUT2D eigenvalue weighted by Gasteiger charge is 2.42. The summed E-state index contributed by atoms with van der Waals surface area (Å²) in [6.45, 7) is 5.79. The van der Waals surface area contributed by atoms with Crippen LogP contribution in [0.2, 0.25) is 0 Å². The summed E-state index contributed by atoms with van der Waals surface area (Å²) in [5.41, 5.74) is -2.69. The minimum Gasteiger partial charge on any atom is -0.481 e. The summed E-state index contributed by atoms with van der Waals surface area (Å²) < 4.78 is 40.8. The Kier molecular flexibility index (Phi) is 5.13. The summed E-state index contributed by atoms with van der Waals surface area (Å²) in [5, 5.41) is 12.5. The summed E-state index contributed by atoms with van der Waals surface area (Å²) in [6, 6.07) is 0. The number of alkyl halides is 3. The number of nitrogens with zero attached hydrogens (tertiary/aromatic N) is 3. The van der Waals surface area contributed by atoms with E-state index in [9.17, 15) is 22.8 Å². The summed E-state index contributed by atoms with van der Waals surface area (Å²) >= 11 is 0. The number of rotatable bonds is 4. The van der Waals surface area contributed by atoms with Gasteiger partial charge in [0.1, 0.15) is 0 Å². The highest BCUT2D eigenvalue weighted by molar-refractivity contribution is 5.95. The molecule has 1 unspecified atom stereocenters. The van der Waals surface area contributed by atoms with Gasteiger partial charge in [-0.1, -0.05) is 6.92 Å². The Balaban J connectivity index is 3.25. The Bertz CT molecular complexity index is 603. The van der Waals surface area contributed by atoms with Gasteiger partial charge in [-0.2, -0.15) is 18.3 Å². The molecule has 23 heavy (non-hydrogen) atoms. The van der Waals surface area contributed by atoms with Gasteiger partial charge in [0.25, 0.3) is 5.91 Å². The molecule has 1 heterocycles. The lowest BCUT2D eigenvalue weighted by molar-refractivity contribution is -0.146. The monoisotopic (exact) mass is 335 g/mol. The molecule has 6 nitrogen and oxygen atoms in total. The second kappa shape index (κ2) is 6.21. The minimum atomic E-state index is -4.76. The molecule has 0 radical (unpaired) electrons. The third kappa shape index (κ3) is 4.23. The van der Waals surface area contributed by atoms with Gasteiger partial charge in [-0.25, -0.2) is 0 Å². The molecule has 1 amide bonds. The van der Waals surface area contributed by atoms with Crippen molar-refractivity contribution in [2.45, 2.75) is 39.4 Å². The van der Waals surface area contributed by atoms with Crippen molar-refractivity contribution >= 4 is 11.9 Å². The summed E-state index contributed by atoms with van der Waals surface area (Å²) in [5.74, 6) is -2.94. The fourth-order valence-corrected chi connectivity index (χ4v) is 2.06. The topological polar surface area (TPSA) is 75.4 Å². The molecule has 0 bridgehead atoms. The average Bonchev–Trinajstić information content (AvgIpc) is 2.81. The van der Waals surface area contributed by atoms with Gasteiger partial charge in [0, 0.05) is 13.6 Å². The van der Waals surface area contributed by atoms with E-state index >= 15 is 0 Å². The number of carbonyl (C=O) groups is 2. The Morgan fingerprint density at radius 1 is 1.35 bits per heavy atom. The molecule has 0 aliphatic carbocycles. The molecule has 0 saturated carbocycles. The summed E-state index contributed by atoms with van der Waals surface area (Å²) in [4.78, 5) is 24.1. The van der Waals surface area contributed by atoms with E-state index in [2.05, 4.69) is 5.10 Å². The molecule has 0 aliphatic rings. The van der Waals surface area contributed by atoms with Gasteiger partial charge in [0.15, 0.2) is 5.69 Å². The van der Waals surface area contributed by atoms with Crippen molar-refractivity contribution in [2.75, 3.05) is 13.6 Å². The SMILES string of the molecule is CC(CN(C)C(=O)c1cnn(C(C)(C)C)c1C(F)(F)F)C(=O)O. The van der Waals surface area contributed by atoms with Crippen LogP contribution in [0.5, 0.6) is 0 Å². The maximum absolute atomic E-state index is 13.4. The minimum absolute atomic E-state index is 0.202. The van der Waals surface area contributed by atoms with Gasteiger partial charge >= 0.3 is 12.1 Å². The van der Waals surface area contributed by atoms with Crippen molar-refractivity contribution in [2.24, 2.45) is 5.92 Å². The van der Waals surface area contributed by atoms with Crippen LogP contribution in [0.3, 0.4) is 0 Å². The quantitative estimate of drug-likeness (QED) is 0.917. The zero-order valence-corrected chi connectivity index (χ0v) is 13.6. The predicted molar refractivity (Wildman–Crippen MR) is 76.0 cm³/mol. The van der Waals surface area contributed by atoms with Crippen LogP contribution in [-0.4, -0.2) is 45.3 Å². The number of halogens is 3. The third-order valence-electron chi connectivity index (χ3n) is 3.22. The summed E-state index contributed by atoms with van der Waals surface area (Å²) in [7, 11) is 1.26. The first-order chi connectivity index (χ1) is 10.3. The molecule has 0 aliphatic heterocycles. The van der Waals surface area contributed by atoms with Crippen LogP contribution < -0.4 is 0 Å². The van der Waals surface area contributed by atoms with E-state index in [1.807, 2.05) is 0 Å². The molecular weight excluding hydrogens is 315 g/mol. The molecule has 0 fully saturated rings. The Morgan fingerprint density at radius 3 is 2.26 bits per heavy atom. The van der Waals surface area contributed by atoms with Crippen molar-refractivity contribution < 1.29 is 27.9 Å². The molecule has 130 valence electrons. The highest BCUT2D eigenvalue weighted by Crippen LogP contribution is 2.35. The van der Waals surface area contributed by atoms with Gasteiger partial charge in [0.2, 0.25) is 0 Å². The number of carbonyl (C=O) groups excluding carboxylic acids is 1.